The summed E-state index contributed by atoms with van der Waals surface area (Å²) in [6.45, 7) is 7.84. The summed E-state index contributed by atoms with van der Waals surface area (Å²) >= 11 is 6.67. The Bertz CT molecular complexity index is 1390. The van der Waals surface area contributed by atoms with Gasteiger partial charge in [0.1, 0.15) is 12.7 Å². The summed E-state index contributed by atoms with van der Waals surface area (Å²) in [4.78, 5) is 35.3. The number of nitrogens with one attached hydrogen (secondary N) is 1. The maximum absolute atomic E-state index is 13.6. The van der Waals surface area contributed by atoms with E-state index in [1.807, 2.05) is 39.0 Å². The number of carbonyl (C=O) groups excluding carboxylic acids is 1. The molecule has 1 N–H and O–H groups in total. The average molecular weight is 538 g/mol. The number of amides is 2. The first-order valence-electron chi connectivity index (χ1n) is 12.5. The highest BCUT2D eigenvalue weighted by molar-refractivity contribution is 6.33. The predicted octanol–water partition coefficient (Wildman–Crippen LogP) is 4.06. The third kappa shape index (κ3) is 4.84. The van der Waals surface area contributed by atoms with Crippen LogP contribution in [0.3, 0.4) is 0 Å². The number of nitrogens with zero attached hydrogens (tertiary/aromatic N) is 6. The molecule has 0 aliphatic carbocycles. The Balaban J connectivity index is 1.23. The second-order valence-corrected chi connectivity index (χ2v) is 10.4. The molecule has 0 saturated carbocycles. The molecule has 3 aliphatic rings. The van der Waals surface area contributed by atoms with Gasteiger partial charge >= 0.3 is 6.03 Å². The fraction of sp³-hybridized carbons (Fsp3) is 0.423. The van der Waals surface area contributed by atoms with Crippen LogP contribution in [0.1, 0.15) is 26.0 Å². The van der Waals surface area contributed by atoms with Crippen LogP contribution in [-0.2, 0) is 9.47 Å². The average Bonchev–Trinajstić information content (AvgIpc) is 3.46. The molecular formula is C26H28ClN7O4. The normalized spacial score (nSPS) is 21.4. The van der Waals surface area contributed by atoms with Gasteiger partial charge in [0.2, 0.25) is 5.88 Å². The van der Waals surface area contributed by atoms with Gasteiger partial charge in [0.15, 0.2) is 17.4 Å². The molecule has 0 aromatic carbocycles. The summed E-state index contributed by atoms with van der Waals surface area (Å²) in [7, 11) is 0. The number of pyridine rings is 2. The summed E-state index contributed by atoms with van der Waals surface area (Å²) in [5.74, 6) is 0.482. The van der Waals surface area contributed by atoms with Gasteiger partial charge in [-0.1, -0.05) is 11.6 Å². The van der Waals surface area contributed by atoms with Crippen LogP contribution in [0, 0.1) is 6.92 Å². The summed E-state index contributed by atoms with van der Waals surface area (Å²) < 4.78 is 17.1. The van der Waals surface area contributed by atoms with Crippen molar-refractivity contribution in [2.75, 3.05) is 41.4 Å². The van der Waals surface area contributed by atoms with Crippen molar-refractivity contribution in [1.29, 1.82) is 0 Å². The van der Waals surface area contributed by atoms with Crippen LogP contribution < -0.4 is 19.9 Å². The number of fused-ring (bicyclic) bond motifs is 4. The van der Waals surface area contributed by atoms with Crippen molar-refractivity contribution in [3.63, 3.8) is 0 Å². The van der Waals surface area contributed by atoms with Crippen LogP contribution >= 0.6 is 11.6 Å². The Kier molecular flexibility index (Phi) is 6.29. The van der Waals surface area contributed by atoms with E-state index in [1.54, 1.807) is 11.1 Å². The Labute approximate surface area is 225 Å². The number of carbonyl (C=O) groups is 1. The maximum Gasteiger partial charge on any atom is 0.329 e. The molecule has 11 nitrogen and oxygen atoms in total. The van der Waals surface area contributed by atoms with Crippen molar-refractivity contribution in [3.05, 3.63) is 47.5 Å². The molecule has 0 radical (unpaired) electrons. The number of hydrogen-bond acceptors (Lipinski definition) is 9. The largest absolute Gasteiger partial charge is 0.474 e. The molecule has 3 aromatic heterocycles. The standard InChI is InChI=1S/C26H28ClN7O4/c1-15-8-16(4-6-29-15)23-19(27)9-20-24(32-23)34(17-5-7-33(20)12-17)25(35)31-21-10-28-11-22(30-21)36-13-18-14-37-26(2,3)38-18/h4,6,8-11,17-18H,5,7,12-14H2,1-3H3,(H,30,31,35)/t17?,18-/m0/s1. The van der Waals surface area contributed by atoms with Crippen LogP contribution in [0.25, 0.3) is 11.3 Å². The molecule has 2 atom stereocenters. The monoisotopic (exact) mass is 537 g/mol. The first kappa shape index (κ1) is 24.8. The second kappa shape index (κ2) is 9.64. The highest BCUT2D eigenvalue weighted by Crippen LogP contribution is 2.43. The molecular weight excluding hydrogens is 510 g/mol. The summed E-state index contributed by atoms with van der Waals surface area (Å²) in [6.07, 6.45) is 5.31. The number of rotatable bonds is 5. The van der Waals surface area contributed by atoms with Crippen LogP contribution in [0.4, 0.5) is 22.1 Å². The highest BCUT2D eigenvalue weighted by atomic mass is 35.5. The van der Waals surface area contributed by atoms with Crippen molar-refractivity contribution >= 4 is 35.0 Å². The Morgan fingerprint density at radius 2 is 2.16 bits per heavy atom. The van der Waals surface area contributed by atoms with E-state index in [4.69, 9.17) is 30.8 Å². The molecule has 6 rings (SSSR count). The third-order valence-corrected chi connectivity index (χ3v) is 7.04. The minimum atomic E-state index is -0.634. The first-order valence-corrected chi connectivity index (χ1v) is 12.9. The topological polar surface area (TPSA) is 115 Å². The Hall–Kier alpha value is -3.54. The predicted molar refractivity (Wildman–Crippen MR) is 142 cm³/mol. The quantitative estimate of drug-likeness (QED) is 0.514. The number of hydrogen-bond donors (Lipinski definition) is 1. The van der Waals surface area contributed by atoms with E-state index in [1.165, 1.54) is 12.4 Å². The van der Waals surface area contributed by atoms with Crippen LogP contribution in [0.2, 0.25) is 5.02 Å². The number of ether oxygens (including phenoxy) is 3. The maximum atomic E-state index is 13.6. The SMILES string of the molecule is Cc1cc(-c2nc3c(cc2Cl)N2CCC(C2)N3C(=O)Nc2cncc(OC[C@H]3COC(C)(C)O3)n2)ccn1. The van der Waals surface area contributed by atoms with Gasteiger partial charge in [0.25, 0.3) is 0 Å². The number of halogens is 1. The molecule has 2 amide bonds. The van der Waals surface area contributed by atoms with E-state index < -0.39 is 5.79 Å². The van der Waals surface area contributed by atoms with Crippen molar-refractivity contribution in [2.45, 2.75) is 45.1 Å². The lowest BCUT2D eigenvalue weighted by molar-refractivity contribution is -0.141. The van der Waals surface area contributed by atoms with Gasteiger partial charge in [-0.2, -0.15) is 4.98 Å². The van der Waals surface area contributed by atoms with Gasteiger partial charge in [-0.3, -0.25) is 20.2 Å². The fourth-order valence-electron chi connectivity index (χ4n) is 5.05. The zero-order chi connectivity index (χ0) is 26.4. The fourth-order valence-corrected chi connectivity index (χ4v) is 5.31. The molecule has 0 spiro atoms. The van der Waals surface area contributed by atoms with E-state index in [0.29, 0.717) is 29.7 Å². The number of aryl methyl sites for hydroxylation is 1. The summed E-state index contributed by atoms with van der Waals surface area (Å²) in [6, 6.07) is 5.30. The van der Waals surface area contributed by atoms with Gasteiger partial charge in [0, 0.05) is 30.5 Å². The lowest BCUT2D eigenvalue weighted by Gasteiger charge is -2.36. The number of anilines is 3. The first-order chi connectivity index (χ1) is 18.3. The molecule has 2 fully saturated rings. The number of urea groups is 1. The summed E-state index contributed by atoms with van der Waals surface area (Å²) in [5.41, 5.74) is 3.13. The van der Waals surface area contributed by atoms with E-state index in [2.05, 4.69) is 25.2 Å². The molecule has 2 saturated heterocycles. The van der Waals surface area contributed by atoms with Gasteiger partial charge in [-0.15, -0.1) is 0 Å². The lowest BCUT2D eigenvalue weighted by atomic mass is 10.1. The molecule has 38 heavy (non-hydrogen) atoms. The van der Waals surface area contributed by atoms with Gasteiger partial charge in [-0.05, 0) is 45.4 Å². The van der Waals surface area contributed by atoms with Crippen molar-refractivity contribution < 1.29 is 19.0 Å². The van der Waals surface area contributed by atoms with Crippen LogP contribution in [0.15, 0.2) is 36.8 Å². The highest BCUT2D eigenvalue weighted by Gasteiger charge is 2.41. The smallest absolute Gasteiger partial charge is 0.329 e. The van der Waals surface area contributed by atoms with E-state index >= 15 is 0 Å². The molecule has 2 bridgehead atoms. The van der Waals surface area contributed by atoms with Crippen LogP contribution in [0.5, 0.6) is 5.88 Å². The van der Waals surface area contributed by atoms with Crippen molar-refractivity contribution in [2.24, 2.45) is 0 Å². The number of aromatic nitrogens is 4. The summed E-state index contributed by atoms with van der Waals surface area (Å²) in [5, 5.41) is 3.40. The Morgan fingerprint density at radius 3 is 2.95 bits per heavy atom. The van der Waals surface area contributed by atoms with Crippen molar-refractivity contribution in [1.82, 2.24) is 19.9 Å². The van der Waals surface area contributed by atoms with Gasteiger partial charge in [-0.25, -0.2) is 9.78 Å². The molecule has 198 valence electrons. The second-order valence-electron chi connectivity index (χ2n) is 10.0. The van der Waals surface area contributed by atoms with E-state index in [0.717, 1.165) is 29.9 Å². The zero-order valence-electron chi connectivity index (χ0n) is 21.3. The van der Waals surface area contributed by atoms with E-state index in [9.17, 15) is 4.79 Å². The molecule has 3 aliphatic heterocycles. The van der Waals surface area contributed by atoms with Gasteiger partial charge < -0.3 is 19.1 Å². The Morgan fingerprint density at radius 1 is 1.29 bits per heavy atom. The van der Waals surface area contributed by atoms with Crippen LogP contribution in [-0.4, -0.2) is 70.2 Å². The minimum Gasteiger partial charge on any atom is -0.474 e. The zero-order valence-corrected chi connectivity index (χ0v) is 22.1. The molecule has 12 heteroatoms. The van der Waals surface area contributed by atoms with E-state index in [-0.39, 0.29) is 36.5 Å². The minimum absolute atomic E-state index is 0.0292. The lowest BCUT2D eigenvalue weighted by Crippen LogP contribution is -2.48. The van der Waals surface area contributed by atoms with Crippen molar-refractivity contribution in [3.8, 4) is 17.1 Å². The molecule has 3 aromatic rings. The third-order valence-electron chi connectivity index (χ3n) is 6.75. The molecule has 1 unspecified atom stereocenters. The molecule has 6 heterocycles. The van der Waals surface area contributed by atoms with Gasteiger partial charge in [0.05, 0.1) is 41.4 Å².